The van der Waals surface area contributed by atoms with Crippen molar-refractivity contribution in [1.29, 1.82) is 0 Å². The molecule has 0 saturated carbocycles. The molecule has 4 heterocycles. The molecule has 3 aromatic heterocycles. The van der Waals surface area contributed by atoms with E-state index in [0.29, 0.717) is 6.04 Å². The number of fused-ring (bicyclic) bond motifs is 1. The molecule has 5 heteroatoms. The van der Waals surface area contributed by atoms with Gasteiger partial charge in [-0.1, -0.05) is 12.1 Å². The average molecular weight is 341 g/mol. The van der Waals surface area contributed by atoms with Crippen LogP contribution >= 0.6 is 11.3 Å². The molecule has 2 atom stereocenters. The predicted molar refractivity (Wildman–Crippen MR) is 97.3 cm³/mol. The van der Waals surface area contributed by atoms with E-state index in [1.807, 2.05) is 23.7 Å². The van der Waals surface area contributed by atoms with E-state index in [2.05, 4.69) is 39.5 Å². The first-order chi connectivity index (χ1) is 11.7. The summed E-state index contributed by atoms with van der Waals surface area (Å²) in [7, 11) is 0. The van der Waals surface area contributed by atoms with Crippen LogP contribution in [0.15, 0.2) is 42.0 Å². The minimum absolute atomic E-state index is 0.347. The minimum Gasteiger partial charge on any atom is -0.388 e. The largest absolute Gasteiger partial charge is 0.388 e. The van der Waals surface area contributed by atoms with Gasteiger partial charge in [0.1, 0.15) is 5.65 Å². The molecule has 0 aliphatic carbocycles. The summed E-state index contributed by atoms with van der Waals surface area (Å²) in [5.74, 6) is 0. The van der Waals surface area contributed by atoms with Crippen LogP contribution in [0, 0.1) is 6.92 Å². The molecule has 0 bridgehead atoms. The van der Waals surface area contributed by atoms with E-state index in [4.69, 9.17) is 0 Å². The van der Waals surface area contributed by atoms with Gasteiger partial charge in [-0.3, -0.25) is 4.90 Å². The zero-order valence-corrected chi connectivity index (χ0v) is 14.7. The fraction of sp³-hybridized carbons (Fsp3) is 0.421. The first kappa shape index (κ1) is 15.8. The Labute approximate surface area is 146 Å². The zero-order valence-electron chi connectivity index (χ0n) is 13.9. The van der Waals surface area contributed by atoms with Gasteiger partial charge in [0.25, 0.3) is 0 Å². The molecular formula is C19H23N3OS. The normalized spacial score (nSPS) is 20.0. The van der Waals surface area contributed by atoms with Crippen molar-refractivity contribution in [1.82, 2.24) is 14.3 Å². The quantitative estimate of drug-likeness (QED) is 0.767. The molecule has 126 valence electrons. The predicted octanol–water partition coefficient (Wildman–Crippen LogP) is 3.79. The Kier molecular flexibility index (Phi) is 4.39. The standard InChI is InChI=1S/C19H23N3OS/c1-14-6-7-19-20-11-16(22(19)12-14)13-21-8-2-4-15(21)10-17(23)18-5-3-9-24-18/h3,5-7,9,11-12,15,17,23H,2,4,8,10,13H2,1H3. The third-order valence-electron chi connectivity index (χ3n) is 4.96. The Morgan fingerprint density at radius 1 is 1.38 bits per heavy atom. The van der Waals surface area contributed by atoms with Gasteiger partial charge in [0, 0.05) is 23.7 Å². The number of hydrogen-bond acceptors (Lipinski definition) is 4. The highest BCUT2D eigenvalue weighted by Gasteiger charge is 2.28. The van der Waals surface area contributed by atoms with E-state index in [9.17, 15) is 5.11 Å². The highest BCUT2D eigenvalue weighted by molar-refractivity contribution is 7.10. The van der Waals surface area contributed by atoms with Crippen LogP contribution in [0.2, 0.25) is 0 Å². The highest BCUT2D eigenvalue weighted by Crippen LogP contribution is 2.30. The smallest absolute Gasteiger partial charge is 0.136 e. The lowest BCUT2D eigenvalue weighted by Gasteiger charge is -2.26. The highest BCUT2D eigenvalue weighted by atomic mass is 32.1. The Balaban J connectivity index is 1.49. The van der Waals surface area contributed by atoms with Crippen LogP contribution in [-0.4, -0.2) is 32.0 Å². The maximum Gasteiger partial charge on any atom is 0.136 e. The summed E-state index contributed by atoms with van der Waals surface area (Å²) in [6.07, 6.45) is 6.98. The van der Waals surface area contributed by atoms with Crippen LogP contribution in [0.25, 0.3) is 5.65 Å². The van der Waals surface area contributed by atoms with E-state index < -0.39 is 0 Å². The van der Waals surface area contributed by atoms with Crippen molar-refractivity contribution in [2.45, 2.75) is 44.9 Å². The molecule has 0 radical (unpaired) electrons. The molecule has 0 amide bonds. The van der Waals surface area contributed by atoms with E-state index in [1.54, 1.807) is 11.3 Å². The Bertz CT molecular complexity index is 811. The third-order valence-corrected chi connectivity index (χ3v) is 5.93. The van der Waals surface area contributed by atoms with Gasteiger partial charge in [0.15, 0.2) is 0 Å². The van der Waals surface area contributed by atoms with E-state index in [1.165, 1.54) is 17.7 Å². The van der Waals surface area contributed by atoms with Gasteiger partial charge in [-0.25, -0.2) is 4.98 Å². The molecule has 24 heavy (non-hydrogen) atoms. The molecular weight excluding hydrogens is 318 g/mol. The molecule has 4 rings (SSSR count). The Hall–Kier alpha value is -1.69. The van der Waals surface area contributed by atoms with Crippen molar-refractivity contribution in [3.8, 4) is 0 Å². The summed E-state index contributed by atoms with van der Waals surface area (Å²) in [5, 5.41) is 12.5. The first-order valence-electron chi connectivity index (χ1n) is 8.59. The second kappa shape index (κ2) is 6.67. The number of pyridine rings is 1. The summed E-state index contributed by atoms with van der Waals surface area (Å²) in [4.78, 5) is 8.10. The zero-order chi connectivity index (χ0) is 16.5. The maximum absolute atomic E-state index is 10.5. The number of likely N-dealkylation sites (tertiary alicyclic amines) is 1. The van der Waals surface area contributed by atoms with Crippen LogP contribution in [0.3, 0.4) is 0 Å². The lowest BCUT2D eigenvalue weighted by molar-refractivity contribution is 0.120. The number of thiophene rings is 1. The number of hydrogen-bond donors (Lipinski definition) is 1. The number of aliphatic hydroxyl groups excluding tert-OH is 1. The summed E-state index contributed by atoms with van der Waals surface area (Å²) in [6.45, 7) is 4.10. The van der Waals surface area contributed by atoms with Gasteiger partial charge in [-0.15, -0.1) is 11.3 Å². The van der Waals surface area contributed by atoms with Crippen LogP contribution in [-0.2, 0) is 6.54 Å². The number of rotatable bonds is 5. The fourth-order valence-corrected chi connectivity index (χ4v) is 4.41. The minimum atomic E-state index is -0.347. The van der Waals surface area contributed by atoms with Gasteiger partial charge in [0.05, 0.1) is 18.0 Å². The van der Waals surface area contributed by atoms with Crippen molar-refractivity contribution in [2.24, 2.45) is 0 Å². The Morgan fingerprint density at radius 3 is 3.12 bits per heavy atom. The van der Waals surface area contributed by atoms with Crippen LogP contribution < -0.4 is 0 Å². The van der Waals surface area contributed by atoms with Crippen molar-refractivity contribution >= 4 is 17.0 Å². The maximum atomic E-state index is 10.5. The van der Waals surface area contributed by atoms with Crippen LogP contribution in [0.1, 0.15) is 41.5 Å². The lowest BCUT2D eigenvalue weighted by atomic mass is 10.1. The van der Waals surface area contributed by atoms with Crippen molar-refractivity contribution < 1.29 is 5.11 Å². The number of imidazole rings is 1. The second-order valence-corrected chi connectivity index (χ2v) is 7.70. The van der Waals surface area contributed by atoms with E-state index in [-0.39, 0.29) is 6.10 Å². The number of aromatic nitrogens is 2. The van der Waals surface area contributed by atoms with Gasteiger partial charge in [-0.05, 0) is 55.8 Å². The molecule has 1 N–H and O–H groups in total. The molecule has 1 aliphatic heterocycles. The molecule has 0 spiro atoms. The summed E-state index contributed by atoms with van der Waals surface area (Å²) < 4.78 is 2.19. The lowest BCUT2D eigenvalue weighted by Crippen LogP contribution is -2.30. The molecule has 1 fully saturated rings. The van der Waals surface area contributed by atoms with Gasteiger partial charge in [0.2, 0.25) is 0 Å². The second-order valence-electron chi connectivity index (χ2n) is 6.72. The topological polar surface area (TPSA) is 40.8 Å². The SMILES string of the molecule is Cc1ccc2ncc(CN3CCCC3CC(O)c3cccs3)n2c1. The van der Waals surface area contributed by atoms with E-state index >= 15 is 0 Å². The number of aliphatic hydroxyl groups is 1. The first-order valence-corrected chi connectivity index (χ1v) is 9.47. The van der Waals surface area contributed by atoms with Crippen molar-refractivity contribution in [3.63, 3.8) is 0 Å². The van der Waals surface area contributed by atoms with Crippen molar-refractivity contribution in [3.05, 3.63) is 58.2 Å². The summed E-state index contributed by atoms with van der Waals surface area (Å²) >= 11 is 1.64. The van der Waals surface area contributed by atoms with Crippen molar-refractivity contribution in [2.75, 3.05) is 6.54 Å². The van der Waals surface area contributed by atoms with Gasteiger partial charge in [-0.2, -0.15) is 0 Å². The van der Waals surface area contributed by atoms with E-state index in [0.717, 1.165) is 36.5 Å². The monoisotopic (exact) mass is 341 g/mol. The molecule has 1 saturated heterocycles. The van der Waals surface area contributed by atoms with Crippen LogP contribution in [0.5, 0.6) is 0 Å². The molecule has 1 aliphatic rings. The van der Waals surface area contributed by atoms with Gasteiger partial charge >= 0.3 is 0 Å². The molecule has 0 aromatic carbocycles. The van der Waals surface area contributed by atoms with Gasteiger partial charge < -0.3 is 9.51 Å². The molecule has 2 unspecified atom stereocenters. The number of nitrogens with zero attached hydrogens (tertiary/aromatic N) is 3. The average Bonchev–Trinajstić information content (AvgIpc) is 3.30. The Morgan fingerprint density at radius 2 is 2.29 bits per heavy atom. The molecule has 3 aromatic rings. The molecule has 4 nitrogen and oxygen atoms in total. The third kappa shape index (κ3) is 3.11. The fourth-order valence-electron chi connectivity index (χ4n) is 3.69. The summed E-state index contributed by atoms with van der Waals surface area (Å²) in [6, 6.07) is 8.65. The summed E-state index contributed by atoms with van der Waals surface area (Å²) in [5.41, 5.74) is 3.48. The van der Waals surface area contributed by atoms with Crippen LogP contribution in [0.4, 0.5) is 0 Å². The number of aryl methyl sites for hydroxylation is 1.